The number of amides is 1. The summed E-state index contributed by atoms with van der Waals surface area (Å²) in [4.78, 5) is 23.9. The average Bonchev–Trinajstić information content (AvgIpc) is 2.66. The number of likely N-dealkylation sites (N-methyl/N-ethyl adjacent to an activating group) is 1. The molecule has 1 amide bonds. The molecule has 104 valence electrons. The molecule has 0 aliphatic carbocycles. The number of hydrogen-bond acceptors (Lipinski definition) is 6. The highest BCUT2D eigenvalue weighted by Gasteiger charge is 2.31. The Balaban J connectivity index is 2.42. The van der Waals surface area contributed by atoms with E-state index in [0.29, 0.717) is 15.8 Å². The number of carbonyl (C=O) groups excluding carboxylic acids is 1. The minimum Gasteiger partial charge on any atom is -0.502 e. The number of rotatable bonds is 3. The Kier molecular flexibility index (Phi) is 4.05. The van der Waals surface area contributed by atoms with Crippen LogP contribution in [0.4, 0.5) is 5.69 Å². The van der Waals surface area contributed by atoms with Gasteiger partial charge in [0, 0.05) is 18.2 Å². The van der Waals surface area contributed by atoms with Gasteiger partial charge in [0.05, 0.1) is 9.83 Å². The molecule has 0 spiro atoms. The Bertz CT molecular complexity index is 642. The van der Waals surface area contributed by atoms with Gasteiger partial charge in [0.1, 0.15) is 4.32 Å². The van der Waals surface area contributed by atoms with E-state index in [1.54, 1.807) is 6.92 Å². The topological polar surface area (TPSA) is 83.7 Å². The zero-order valence-corrected chi connectivity index (χ0v) is 12.0. The number of benzene rings is 1. The maximum Gasteiger partial charge on any atom is 0.311 e. The lowest BCUT2D eigenvalue weighted by molar-refractivity contribution is -0.385. The molecule has 1 heterocycles. The Labute approximate surface area is 124 Å². The zero-order valence-electron chi connectivity index (χ0n) is 10.4. The van der Waals surface area contributed by atoms with E-state index in [2.05, 4.69) is 0 Å². The van der Waals surface area contributed by atoms with Gasteiger partial charge in [-0.2, -0.15) is 0 Å². The molecular weight excluding hydrogens is 300 g/mol. The van der Waals surface area contributed by atoms with Gasteiger partial charge in [-0.05, 0) is 13.0 Å². The third-order valence-electron chi connectivity index (χ3n) is 2.72. The van der Waals surface area contributed by atoms with Crippen molar-refractivity contribution in [3.63, 3.8) is 0 Å². The summed E-state index contributed by atoms with van der Waals surface area (Å²) in [5, 5.41) is 20.6. The molecule has 20 heavy (non-hydrogen) atoms. The van der Waals surface area contributed by atoms with Gasteiger partial charge in [-0.1, -0.05) is 36.1 Å². The summed E-state index contributed by atoms with van der Waals surface area (Å²) >= 11 is 6.18. The molecule has 0 bridgehead atoms. The summed E-state index contributed by atoms with van der Waals surface area (Å²) in [5.41, 5.74) is -0.180. The van der Waals surface area contributed by atoms with E-state index in [-0.39, 0.29) is 11.5 Å². The van der Waals surface area contributed by atoms with Crippen LogP contribution in [0.3, 0.4) is 0 Å². The van der Waals surface area contributed by atoms with Crippen LogP contribution in [0.15, 0.2) is 23.1 Å². The number of aromatic hydroxyl groups is 1. The van der Waals surface area contributed by atoms with Crippen molar-refractivity contribution < 1.29 is 14.8 Å². The van der Waals surface area contributed by atoms with E-state index >= 15 is 0 Å². The molecule has 1 aliphatic heterocycles. The van der Waals surface area contributed by atoms with E-state index in [4.69, 9.17) is 12.2 Å². The first-order chi connectivity index (χ1) is 9.45. The number of nitro benzene ring substituents is 1. The fourth-order valence-corrected chi connectivity index (χ4v) is 3.10. The summed E-state index contributed by atoms with van der Waals surface area (Å²) in [5.74, 6) is -0.715. The molecule has 6 nitrogen and oxygen atoms in total. The molecule has 0 radical (unpaired) electrons. The summed E-state index contributed by atoms with van der Waals surface area (Å²) < 4.78 is 0.439. The number of para-hydroxylation sites is 1. The number of hydrogen-bond donors (Lipinski definition) is 1. The van der Waals surface area contributed by atoms with Gasteiger partial charge in [0.15, 0.2) is 0 Å². The first-order valence-corrected chi connectivity index (χ1v) is 6.90. The number of thioether (sulfide) groups is 1. The molecule has 1 aromatic carbocycles. The quantitative estimate of drug-likeness (QED) is 0.400. The molecule has 1 N–H and O–H groups in total. The van der Waals surface area contributed by atoms with Gasteiger partial charge in [-0.3, -0.25) is 19.8 Å². The smallest absolute Gasteiger partial charge is 0.311 e. The van der Waals surface area contributed by atoms with Crippen LogP contribution < -0.4 is 0 Å². The van der Waals surface area contributed by atoms with Crippen LogP contribution in [-0.2, 0) is 4.79 Å². The number of nitrogens with zero attached hydrogens (tertiary/aromatic N) is 2. The normalized spacial score (nSPS) is 17.1. The SMILES string of the molecule is CCN1C(=O)/C(=C\c2cccc([N+](=O)[O-])c2O)SC1=S. The molecule has 0 unspecified atom stereocenters. The molecule has 1 saturated heterocycles. The second kappa shape index (κ2) is 5.59. The van der Waals surface area contributed by atoms with Gasteiger partial charge in [0.2, 0.25) is 5.75 Å². The van der Waals surface area contributed by atoms with Gasteiger partial charge < -0.3 is 5.11 Å². The van der Waals surface area contributed by atoms with Crippen molar-refractivity contribution in [2.75, 3.05) is 6.54 Å². The van der Waals surface area contributed by atoms with Gasteiger partial charge in [-0.25, -0.2) is 0 Å². The number of carbonyl (C=O) groups is 1. The van der Waals surface area contributed by atoms with E-state index in [1.165, 1.54) is 29.2 Å². The van der Waals surface area contributed by atoms with Gasteiger partial charge in [-0.15, -0.1) is 0 Å². The fourth-order valence-electron chi connectivity index (χ4n) is 1.73. The summed E-state index contributed by atoms with van der Waals surface area (Å²) in [6.07, 6.45) is 1.41. The zero-order chi connectivity index (χ0) is 14.9. The van der Waals surface area contributed by atoms with Crippen molar-refractivity contribution in [2.24, 2.45) is 0 Å². The molecular formula is C12H10N2O4S2. The highest BCUT2D eigenvalue weighted by Crippen LogP contribution is 2.36. The Morgan fingerprint density at radius 1 is 1.55 bits per heavy atom. The fraction of sp³-hybridized carbons (Fsp3) is 0.167. The first kappa shape index (κ1) is 14.5. The van der Waals surface area contributed by atoms with Crippen molar-refractivity contribution in [3.05, 3.63) is 38.8 Å². The number of nitro groups is 1. The lowest BCUT2D eigenvalue weighted by Gasteiger charge is -2.09. The summed E-state index contributed by atoms with van der Waals surface area (Å²) in [7, 11) is 0. The molecule has 1 aromatic rings. The van der Waals surface area contributed by atoms with Gasteiger partial charge >= 0.3 is 5.69 Å². The van der Waals surface area contributed by atoms with Crippen LogP contribution in [-0.4, -0.2) is 31.7 Å². The number of phenols is 1. The van der Waals surface area contributed by atoms with Crippen molar-refractivity contribution in [2.45, 2.75) is 6.92 Å². The molecule has 1 fully saturated rings. The minimum atomic E-state index is -0.677. The minimum absolute atomic E-state index is 0.218. The average molecular weight is 310 g/mol. The monoisotopic (exact) mass is 310 g/mol. The van der Waals surface area contributed by atoms with E-state index < -0.39 is 16.4 Å². The third-order valence-corrected chi connectivity index (χ3v) is 4.10. The number of phenolic OH excluding ortho intramolecular Hbond substituents is 1. The Morgan fingerprint density at radius 3 is 2.80 bits per heavy atom. The molecule has 8 heteroatoms. The standard InChI is InChI=1S/C12H10N2O4S2/c1-2-13-11(16)9(20-12(13)19)6-7-4-3-5-8(10(7)15)14(17)18/h3-6,15H,2H2,1H3/b9-6+. The van der Waals surface area contributed by atoms with Crippen molar-refractivity contribution >= 4 is 46.0 Å². The molecule has 1 aliphatic rings. The molecule has 0 saturated carbocycles. The largest absolute Gasteiger partial charge is 0.502 e. The van der Waals surface area contributed by atoms with Gasteiger partial charge in [0.25, 0.3) is 5.91 Å². The first-order valence-electron chi connectivity index (χ1n) is 5.67. The van der Waals surface area contributed by atoms with Crippen LogP contribution in [0.5, 0.6) is 5.75 Å². The number of thiocarbonyl (C=S) groups is 1. The lowest BCUT2D eigenvalue weighted by Crippen LogP contribution is -2.27. The van der Waals surface area contributed by atoms with E-state index in [1.807, 2.05) is 0 Å². The lowest BCUT2D eigenvalue weighted by atomic mass is 10.1. The predicted octanol–water partition coefficient (Wildman–Crippen LogP) is 2.52. The van der Waals surface area contributed by atoms with Crippen molar-refractivity contribution in [1.82, 2.24) is 4.90 Å². The van der Waals surface area contributed by atoms with Crippen LogP contribution in [0.25, 0.3) is 6.08 Å². The molecule has 2 rings (SSSR count). The van der Waals surface area contributed by atoms with Crippen LogP contribution >= 0.6 is 24.0 Å². The highest BCUT2D eigenvalue weighted by atomic mass is 32.2. The van der Waals surface area contributed by atoms with E-state index in [9.17, 15) is 20.0 Å². The summed E-state index contributed by atoms with van der Waals surface area (Å²) in [6.45, 7) is 2.27. The predicted molar refractivity (Wildman–Crippen MR) is 80.3 cm³/mol. The molecule has 0 atom stereocenters. The van der Waals surface area contributed by atoms with Crippen molar-refractivity contribution in [3.8, 4) is 5.75 Å². The van der Waals surface area contributed by atoms with Crippen LogP contribution in [0, 0.1) is 10.1 Å². The second-order valence-corrected chi connectivity index (χ2v) is 5.57. The maximum absolute atomic E-state index is 12.0. The second-order valence-electron chi connectivity index (χ2n) is 3.90. The highest BCUT2D eigenvalue weighted by molar-refractivity contribution is 8.26. The third kappa shape index (κ3) is 2.52. The Hall–Kier alpha value is -1.93. The molecule has 0 aromatic heterocycles. The Morgan fingerprint density at radius 2 is 2.25 bits per heavy atom. The van der Waals surface area contributed by atoms with Crippen LogP contribution in [0.1, 0.15) is 12.5 Å². The maximum atomic E-state index is 12.0. The van der Waals surface area contributed by atoms with E-state index in [0.717, 1.165) is 11.8 Å². The van der Waals surface area contributed by atoms with Crippen molar-refractivity contribution in [1.29, 1.82) is 0 Å². The van der Waals surface area contributed by atoms with Crippen LogP contribution in [0.2, 0.25) is 0 Å². The summed E-state index contributed by atoms with van der Waals surface area (Å²) in [6, 6.07) is 4.15.